The van der Waals surface area contributed by atoms with E-state index in [0.29, 0.717) is 16.3 Å². The second-order valence-electron chi connectivity index (χ2n) is 4.25. The van der Waals surface area contributed by atoms with Crippen molar-refractivity contribution in [2.75, 3.05) is 17.7 Å². The lowest BCUT2D eigenvalue weighted by atomic mass is 10.3. The van der Waals surface area contributed by atoms with Crippen LogP contribution >= 0.6 is 11.3 Å². The van der Waals surface area contributed by atoms with Gasteiger partial charge in [0.1, 0.15) is 10.7 Å². The molecule has 0 aliphatic carbocycles. The average Bonchev–Trinajstić information content (AvgIpc) is 2.79. The number of hydrogen-bond acceptors (Lipinski definition) is 5. The minimum absolute atomic E-state index is 0.347. The fourth-order valence-corrected chi connectivity index (χ4v) is 2.36. The largest absolute Gasteiger partial charge is 0.451 e. The van der Waals surface area contributed by atoms with Crippen LogP contribution in [0.4, 0.5) is 15.8 Å². The number of amides is 1. The van der Waals surface area contributed by atoms with Gasteiger partial charge in [0.15, 0.2) is 6.61 Å². The molecule has 0 bridgehead atoms. The summed E-state index contributed by atoms with van der Waals surface area (Å²) in [5.74, 6) is -1.50. The Kier molecular flexibility index (Phi) is 4.54. The van der Waals surface area contributed by atoms with Crippen LogP contribution in [-0.4, -0.2) is 18.5 Å². The van der Waals surface area contributed by atoms with Crippen molar-refractivity contribution in [3.8, 4) is 0 Å². The lowest BCUT2D eigenvalue weighted by Gasteiger charge is -2.05. The Bertz CT molecular complexity index is 648. The van der Waals surface area contributed by atoms with Crippen molar-refractivity contribution in [2.24, 2.45) is 0 Å². The number of aryl methyl sites for hydroxylation is 1. The van der Waals surface area contributed by atoms with Crippen LogP contribution in [0, 0.1) is 12.7 Å². The number of halogens is 1. The molecule has 1 heterocycles. The van der Waals surface area contributed by atoms with Crippen LogP contribution in [0.25, 0.3) is 0 Å². The SMILES string of the molecule is Cc1sc(C(=O)OCC(=O)Nc2ccc(F)cc2)cc1N. The normalized spacial score (nSPS) is 10.2. The Hall–Kier alpha value is -2.41. The number of nitrogens with two attached hydrogens (primary N) is 1. The first kappa shape index (κ1) is 15.0. The van der Waals surface area contributed by atoms with Crippen molar-refractivity contribution >= 4 is 34.6 Å². The van der Waals surface area contributed by atoms with E-state index in [1.165, 1.54) is 41.7 Å². The van der Waals surface area contributed by atoms with Crippen molar-refractivity contribution in [3.05, 3.63) is 45.9 Å². The highest BCUT2D eigenvalue weighted by atomic mass is 32.1. The maximum absolute atomic E-state index is 12.7. The van der Waals surface area contributed by atoms with Gasteiger partial charge in [0.2, 0.25) is 0 Å². The maximum Gasteiger partial charge on any atom is 0.348 e. The number of nitrogen functional groups attached to an aromatic ring is 1. The van der Waals surface area contributed by atoms with E-state index in [4.69, 9.17) is 10.5 Å². The fourth-order valence-electron chi connectivity index (χ4n) is 1.53. The number of carbonyl (C=O) groups is 2. The predicted molar refractivity (Wildman–Crippen MR) is 78.8 cm³/mol. The van der Waals surface area contributed by atoms with Crippen LogP contribution < -0.4 is 11.1 Å². The zero-order valence-electron chi connectivity index (χ0n) is 11.2. The van der Waals surface area contributed by atoms with E-state index < -0.39 is 24.3 Å². The van der Waals surface area contributed by atoms with E-state index in [9.17, 15) is 14.0 Å². The molecule has 110 valence electrons. The molecular weight excluding hydrogens is 295 g/mol. The van der Waals surface area contributed by atoms with Crippen LogP contribution in [-0.2, 0) is 9.53 Å². The third-order valence-electron chi connectivity index (χ3n) is 2.62. The minimum atomic E-state index is -0.603. The lowest BCUT2D eigenvalue weighted by Crippen LogP contribution is -2.20. The summed E-state index contributed by atoms with van der Waals surface area (Å²) < 4.78 is 17.6. The van der Waals surface area contributed by atoms with Gasteiger partial charge in [-0.05, 0) is 37.3 Å². The van der Waals surface area contributed by atoms with Gasteiger partial charge in [-0.1, -0.05) is 0 Å². The molecule has 0 saturated heterocycles. The molecule has 0 aliphatic rings. The van der Waals surface area contributed by atoms with Gasteiger partial charge in [0.05, 0.1) is 0 Å². The van der Waals surface area contributed by atoms with Gasteiger partial charge in [-0.3, -0.25) is 4.79 Å². The quantitative estimate of drug-likeness (QED) is 0.851. The van der Waals surface area contributed by atoms with Gasteiger partial charge in [-0.25, -0.2) is 9.18 Å². The molecule has 0 saturated carbocycles. The first-order valence-electron chi connectivity index (χ1n) is 6.04. The molecule has 1 aromatic heterocycles. The van der Waals surface area contributed by atoms with Gasteiger partial charge in [-0.15, -0.1) is 11.3 Å². The first-order chi connectivity index (χ1) is 9.95. The number of nitrogens with one attached hydrogen (secondary N) is 1. The molecule has 21 heavy (non-hydrogen) atoms. The van der Waals surface area contributed by atoms with E-state index in [1.807, 2.05) is 0 Å². The molecule has 5 nitrogen and oxygen atoms in total. The van der Waals surface area contributed by atoms with Gasteiger partial charge in [0, 0.05) is 16.3 Å². The molecule has 0 spiro atoms. The highest BCUT2D eigenvalue weighted by Crippen LogP contribution is 2.23. The average molecular weight is 308 g/mol. The molecule has 0 atom stereocenters. The summed E-state index contributed by atoms with van der Waals surface area (Å²) >= 11 is 1.21. The van der Waals surface area contributed by atoms with Crippen molar-refractivity contribution in [1.29, 1.82) is 0 Å². The summed E-state index contributed by atoms with van der Waals surface area (Å²) in [6.07, 6.45) is 0. The number of benzene rings is 1. The fraction of sp³-hybridized carbons (Fsp3) is 0.143. The maximum atomic E-state index is 12.7. The van der Waals surface area contributed by atoms with Crippen LogP contribution in [0.5, 0.6) is 0 Å². The minimum Gasteiger partial charge on any atom is -0.451 e. The molecule has 3 N–H and O–H groups in total. The van der Waals surface area contributed by atoms with Crippen LogP contribution in [0.1, 0.15) is 14.5 Å². The summed E-state index contributed by atoms with van der Waals surface area (Å²) in [5.41, 5.74) is 6.58. The van der Waals surface area contributed by atoms with Gasteiger partial charge < -0.3 is 15.8 Å². The van der Waals surface area contributed by atoms with Crippen LogP contribution in [0.3, 0.4) is 0 Å². The standard InChI is InChI=1S/C14H13FN2O3S/c1-8-11(16)6-12(21-8)14(19)20-7-13(18)17-10-4-2-9(15)3-5-10/h2-6H,7,16H2,1H3,(H,17,18). The van der Waals surface area contributed by atoms with Gasteiger partial charge >= 0.3 is 5.97 Å². The molecule has 0 fully saturated rings. The van der Waals surface area contributed by atoms with E-state index in [2.05, 4.69) is 5.32 Å². The smallest absolute Gasteiger partial charge is 0.348 e. The number of esters is 1. The van der Waals surface area contributed by atoms with Crippen molar-refractivity contribution in [2.45, 2.75) is 6.92 Å². The van der Waals surface area contributed by atoms with E-state index in [1.54, 1.807) is 6.92 Å². The molecular formula is C14H13FN2O3S. The Labute approximate surface area is 124 Å². The number of carbonyl (C=O) groups excluding carboxylic acids is 2. The highest BCUT2D eigenvalue weighted by Gasteiger charge is 2.14. The second kappa shape index (κ2) is 6.36. The van der Waals surface area contributed by atoms with E-state index in [-0.39, 0.29) is 0 Å². The van der Waals surface area contributed by atoms with Gasteiger partial charge in [0.25, 0.3) is 5.91 Å². The summed E-state index contributed by atoms with van der Waals surface area (Å²) in [6.45, 7) is 1.37. The predicted octanol–water partition coefficient (Wildman–Crippen LogP) is 2.57. The monoisotopic (exact) mass is 308 g/mol. The Morgan fingerprint density at radius 2 is 2.00 bits per heavy atom. The molecule has 0 unspecified atom stereocenters. The Balaban J connectivity index is 1.86. The molecule has 0 radical (unpaired) electrons. The lowest BCUT2D eigenvalue weighted by molar-refractivity contribution is -0.119. The number of rotatable bonds is 4. The number of hydrogen-bond donors (Lipinski definition) is 2. The molecule has 1 amide bonds. The summed E-state index contributed by atoms with van der Waals surface area (Å²) in [6, 6.07) is 6.79. The van der Waals surface area contributed by atoms with E-state index in [0.717, 1.165) is 4.88 Å². The highest BCUT2D eigenvalue weighted by molar-refractivity contribution is 7.14. The summed E-state index contributed by atoms with van der Waals surface area (Å²) in [7, 11) is 0. The van der Waals surface area contributed by atoms with Crippen LogP contribution in [0.15, 0.2) is 30.3 Å². The molecule has 7 heteroatoms. The molecule has 0 aliphatic heterocycles. The molecule has 2 rings (SSSR count). The third-order valence-corrected chi connectivity index (χ3v) is 3.67. The topological polar surface area (TPSA) is 81.4 Å². The van der Waals surface area contributed by atoms with Gasteiger partial charge in [-0.2, -0.15) is 0 Å². The summed E-state index contributed by atoms with van der Waals surface area (Å²) in [4.78, 5) is 24.5. The molecule has 1 aromatic carbocycles. The van der Waals surface area contributed by atoms with E-state index >= 15 is 0 Å². The first-order valence-corrected chi connectivity index (χ1v) is 6.86. The third kappa shape index (κ3) is 4.03. The Morgan fingerprint density at radius 1 is 1.33 bits per heavy atom. The second-order valence-corrected chi connectivity index (χ2v) is 5.51. The zero-order chi connectivity index (χ0) is 15.4. The van der Waals surface area contributed by atoms with Crippen LogP contribution in [0.2, 0.25) is 0 Å². The van der Waals surface area contributed by atoms with Crippen molar-refractivity contribution in [1.82, 2.24) is 0 Å². The number of ether oxygens (including phenoxy) is 1. The number of thiophene rings is 1. The van der Waals surface area contributed by atoms with Crippen molar-refractivity contribution < 1.29 is 18.7 Å². The summed E-state index contributed by atoms with van der Waals surface area (Å²) in [5, 5.41) is 2.49. The zero-order valence-corrected chi connectivity index (χ0v) is 12.0. The Morgan fingerprint density at radius 3 is 2.57 bits per heavy atom. The van der Waals surface area contributed by atoms with Crippen molar-refractivity contribution in [3.63, 3.8) is 0 Å². The number of anilines is 2. The molecule has 2 aromatic rings.